The van der Waals surface area contributed by atoms with Gasteiger partial charge in [-0.05, 0) is 58.5 Å². The number of carbonyl (C=O) groups is 2. The zero-order chi connectivity index (χ0) is 28.8. The van der Waals surface area contributed by atoms with Crippen molar-refractivity contribution in [2.75, 3.05) is 5.32 Å². The van der Waals surface area contributed by atoms with Crippen molar-refractivity contribution in [1.82, 2.24) is 40.7 Å². The number of rotatable bonds is 9. The first-order chi connectivity index (χ1) is 19.9. The van der Waals surface area contributed by atoms with Gasteiger partial charge in [-0.15, -0.1) is 21.5 Å². The Morgan fingerprint density at radius 1 is 1.10 bits per heavy atom. The van der Waals surface area contributed by atoms with Crippen LogP contribution in [0.25, 0.3) is 22.9 Å². The van der Waals surface area contributed by atoms with E-state index in [1.165, 1.54) is 28.4 Å². The number of hydrogen-bond acceptors (Lipinski definition) is 9. The maximum Gasteiger partial charge on any atom is 0.409 e. The average Bonchev–Trinajstić information content (AvgIpc) is 3.67. The van der Waals surface area contributed by atoms with Crippen LogP contribution < -0.4 is 10.6 Å². The van der Waals surface area contributed by atoms with Gasteiger partial charge >= 0.3 is 6.09 Å². The Morgan fingerprint density at radius 3 is 2.63 bits per heavy atom. The molecule has 1 atom stereocenters. The molecule has 1 unspecified atom stereocenters. The van der Waals surface area contributed by atoms with Crippen LogP contribution in [0, 0.1) is 0 Å². The summed E-state index contributed by atoms with van der Waals surface area (Å²) in [6.07, 6.45) is 3.63. The summed E-state index contributed by atoms with van der Waals surface area (Å²) in [6, 6.07) is 12.9. The first kappa shape index (κ1) is 27.8. The number of anilines is 1. The third-order valence-electron chi connectivity index (χ3n) is 5.78. The molecule has 0 spiro atoms. The van der Waals surface area contributed by atoms with Crippen LogP contribution in [0.4, 0.5) is 10.5 Å². The lowest BCUT2D eigenvalue weighted by molar-refractivity contribution is -0.117. The number of nitrogens with zero attached hydrogens (tertiary/aromatic N) is 7. The van der Waals surface area contributed by atoms with E-state index in [4.69, 9.17) is 28.3 Å². The average molecular weight is 608 g/mol. The summed E-state index contributed by atoms with van der Waals surface area (Å²) in [4.78, 5) is 28.4. The number of aromatic nitrogens is 7. The fraction of sp³-hybridized carbons (Fsp3) is 0.0769. The van der Waals surface area contributed by atoms with Gasteiger partial charge in [0.2, 0.25) is 5.91 Å². The largest absolute Gasteiger partial charge is 0.465 e. The normalized spacial score (nSPS) is 11.9. The molecule has 3 N–H and O–H groups in total. The zero-order valence-corrected chi connectivity index (χ0v) is 23.2. The molecule has 2 aromatic carbocycles. The van der Waals surface area contributed by atoms with E-state index in [1.54, 1.807) is 60.1 Å². The maximum atomic E-state index is 13.1. The van der Waals surface area contributed by atoms with Gasteiger partial charge in [-0.25, -0.2) is 9.78 Å². The van der Waals surface area contributed by atoms with Crippen molar-refractivity contribution in [3.8, 4) is 16.8 Å². The Labute approximate surface area is 246 Å². The molecule has 0 fully saturated rings. The highest BCUT2D eigenvalue weighted by atomic mass is 35.5. The molecule has 0 radical (unpaired) electrons. The Hall–Kier alpha value is -4.72. The molecule has 0 saturated heterocycles. The SMILES string of the molecule is O=C(O)Nc1ccc(-c2cc(C(Cc3cscn3)NC(=O)C=Cc3cc(Cl)ccc3-n3cnnn3)nnc2Cl)cc1. The summed E-state index contributed by atoms with van der Waals surface area (Å²) in [6.45, 7) is 0. The van der Waals surface area contributed by atoms with E-state index in [0.717, 1.165) is 5.69 Å². The lowest BCUT2D eigenvalue weighted by Crippen LogP contribution is -2.29. The van der Waals surface area contributed by atoms with Gasteiger partial charge in [-0.3, -0.25) is 10.1 Å². The van der Waals surface area contributed by atoms with Crippen molar-refractivity contribution >= 4 is 58.3 Å². The zero-order valence-electron chi connectivity index (χ0n) is 20.8. The molecule has 0 aliphatic carbocycles. The van der Waals surface area contributed by atoms with E-state index < -0.39 is 18.0 Å². The van der Waals surface area contributed by atoms with E-state index in [9.17, 15) is 9.59 Å². The number of benzene rings is 2. The fourth-order valence-electron chi connectivity index (χ4n) is 3.92. The second kappa shape index (κ2) is 12.6. The molecule has 5 aromatic rings. The van der Waals surface area contributed by atoms with E-state index in [0.29, 0.717) is 45.2 Å². The fourth-order valence-corrected chi connectivity index (χ4v) is 4.88. The Morgan fingerprint density at radius 2 is 1.93 bits per heavy atom. The van der Waals surface area contributed by atoms with Crippen molar-refractivity contribution < 1.29 is 14.7 Å². The molecule has 5 rings (SSSR count). The van der Waals surface area contributed by atoms with Crippen LogP contribution in [0.2, 0.25) is 10.2 Å². The van der Waals surface area contributed by atoms with Crippen LogP contribution >= 0.6 is 34.5 Å². The third-order valence-corrected chi connectivity index (χ3v) is 6.93. The van der Waals surface area contributed by atoms with Crippen LogP contribution in [0.1, 0.15) is 23.0 Å². The van der Waals surface area contributed by atoms with Gasteiger partial charge in [0.25, 0.3) is 0 Å². The van der Waals surface area contributed by atoms with E-state index in [1.807, 2.05) is 5.38 Å². The molecule has 3 aromatic heterocycles. The van der Waals surface area contributed by atoms with Crippen molar-refractivity contribution in [2.24, 2.45) is 0 Å². The molecular formula is C26H19Cl2N9O3S. The van der Waals surface area contributed by atoms with Gasteiger partial charge in [0.1, 0.15) is 6.33 Å². The van der Waals surface area contributed by atoms with Crippen LogP contribution in [0.3, 0.4) is 0 Å². The van der Waals surface area contributed by atoms with Gasteiger partial charge in [-0.1, -0.05) is 35.3 Å². The third kappa shape index (κ3) is 7.08. The molecule has 0 saturated carbocycles. The van der Waals surface area contributed by atoms with Crippen LogP contribution in [0.5, 0.6) is 0 Å². The molecule has 0 aliphatic rings. The number of tetrazole rings is 1. The summed E-state index contributed by atoms with van der Waals surface area (Å²) in [7, 11) is 0. The minimum atomic E-state index is -1.17. The lowest BCUT2D eigenvalue weighted by Gasteiger charge is -2.17. The van der Waals surface area contributed by atoms with Gasteiger partial charge in [0.15, 0.2) is 5.15 Å². The molecule has 41 heavy (non-hydrogen) atoms. The smallest absolute Gasteiger partial charge is 0.409 e. The Kier molecular flexibility index (Phi) is 8.58. The molecule has 0 aliphatic heterocycles. The van der Waals surface area contributed by atoms with Crippen molar-refractivity contribution in [3.63, 3.8) is 0 Å². The first-order valence-corrected chi connectivity index (χ1v) is 13.6. The molecule has 2 amide bonds. The summed E-state index contributed by atoms with van der Waals surface area (Å²) < 4.78 is 1.47. The standard InChI is InChI=1S/C26H19Cl2N9O3S/c27-17-4-7-23(37-13-30-35-36-37)16(9-17)3-8-24(38)32-21(10-19-12-41-14-29-19)22-11-20(25(28)34-33-22)15-1-5-18(6-2-15)31-26(39)40/h1-9,11-14,21,31H,10H2,(H,32,38)(H,39,40). The highest BCUT2D eigenvalue weighted by Crippen LogP contribution is 2.30. The second-order valence-electron chi connectivity index (χ2n) is 8.52. The number of carbonyl (C=O) groups excluding carboxylic acids is 1. The highest BCUT2D eigenvalue weighted by Gasteiger charge is 2.20. The topological polar surface area (TPSA) is 161 Å². The molecule has 12 nitrogen and oxygen atoms in total. The van der Waals surface area contributed by atoms with E-state index >= 15 is 0 Å². The molecule has 3 heterocycles. The number of thiazole rings is 1. The summed E-state index contributed by atoms with van der Waals surface area (Å²) >= 11 is 14.0. The van der Waals surface area contributed by atoms with Gasteiger partial charge < -0.3 is 10.4 Å². The van der Waals surface area contributed by atoms with E-state index in [2.05, 4.69) is 41.3 Å². The molecule has 15 heteroatoms. The second-order valence-corrected chi connectivity index (χ2v) is 10.0. The minimum absolute atomic E-state index is 0.155. The molecular weight excluding hydrogens is 589 g/mol. The van der Waals surface area contributed by atoms with Crippen LogP contribution in [-0.4, -0.2) is 52.5 Å². The van der Waals surface area contributed by atoms with Gasteiger partial charge in [0.05, 0.1) is 28.6 Å². The van der Waals surface area contributed by atoms with Crippen LogP contribution in [-0.2, 0) is 11.2 Å². The molecule has 0 bridgehead atoms. The number of carboxylic acid groups (broad SMARTS) is 1. The van der Waals surface area contributed by atoms with Crippen LogP contribution in [0.15, 0.2) is 71.8 Å². The van der Waals surface area contributed by atoms with Crippen molar-refractivity contribution in [1.29, 1.82) is 0 Å². The quantitative estimate of drug-likeness (QED) is 0.194. The lowest BCUT2D eigenvalue weighted by atomic mass is 10.0. The summed E-state index contributed by atoms with van der Waals surface area (Å²) in [5.74, 6) is -0.393. The van der Waals surface area contributed by atoms with E-state index in [-0.39, 0.29) is 5.15 Å². The predicted octanol–water partition coefficient (Wildman–Crippen LogP) is 5.09. The number of hydrogen-bond donors (Lipinski definition) is 3. The highest BCUT2D eigenvalue weighted by molar-refractivity contribution is 7.07. The Balaban J connectivity index is 1.41. The Bertz CT molecular complexity index is 1700. The maximum absolute atomic E-state index is 13.1. The number of halogens is 2. The number of nitrogens with one attached hydrogen (secondary N) is 2. The monoisotopic (exact) mass is 607 g/mol. The van der Waals surface area contributed by atoms with Crippen molar-refractivity contribution in [2.45, 2.75) is 12.5 Å². The first-order valence-electron chi connectivity index (χ1n) is 11.9. The van der Waals surface area contributed by atoms with Gasteiger partial charge in [0, 0.05) is 39.7 Å². The minimum Gasteiger partial charge on any atom is -0.465 e. The molecule has 206 valence electrons. The predicted molar refractivity (Wildman–Crippen MR) is 154 cm³/mol. The van der Waals surface area contributed by atoms with Gasteiger partial charge in [-0.2, -0.15) is 9.78 Å². The number of amides is 2. The summed E-state index contributed by atoms with van der Waals surface area (Å²) in [5.41, 5.74) is 5.87. The summed E-state index contributed by atoms with van der Waals surface area (Å²) in [5, 5.41) is 36.3. The van der Waals surface area contributed by atoms with Crippen molar-refractivity contribution in [3.05, 3.63) is 99.0 Å².